The van der Waals surface area contributed by atoms with Crippen LogP contribution in [0.2, 0.25) is 0 Å². The van der Waals surface area contributed by atoms with Crippen molar-refractivity contribution in [3.8, 4) is 0 Å². The molecule has 1 heterocycles. The normalized spacial score (nSPS) is 24.0. The van der Waals surface area contributed by atoms with Crippen LogP contribution in [-0.4, -0.2) is 34.3 Å². The van der Waals surface area contributed by atoms with E-state index in [9.17, 15) is 4.21 Å². The van der Waals surface area contributed by atoms with E-state index in [0.29, 0.717) is 11.3 Å². The average Bonchev–Trinajstić information content (AvgIpc) is 2.96. The first-order valence-electron chi connectivity index (χ1n) is 7.69. The first-order valence-corrected chi connectivity index (χ1v) is 10.7. The van der Waals surface area contributed by atoms with Crippen molar-refractivity contribution in [1.29, 1.82) is 0 Å². The Labute approximate surface area is 147 Å². The molecule has 1 aliphatic rings. The minimum atomic E-state index is -0.685. The Balaban J connectivity index is 1.83. The van der Waals surface area contributed by atoms with Gasteiger partial charge < -0.3 is 10.6 Å². The maximum Gasteiger partial charge on any atom is 0.191 e. The number of hydrogen-bond acceptors (Lipinski definition) is 3. The van der Waals surface area contributed by atoms with Gasteiger partial charge in [0.15, 0.2) is 5.96 Å². The lowest BCUT2D eigenvalue weighted by molar-refractivity contribution is 0.413. The standard InChI is InChI=1S/C15H24BrN3OS2/c1-3-22(20)14-6-4-5-12(8-14)19-15(17-2)18-9-13-7-11(16)10-21-13/h7,10,12,14H,3-6,8-9H2,1-2H3,(H2,17,18,19). The molecule has 0 bridgehead atoms. The Morgan fingerprint density at radius 2 is 2.36 bits per heavy atom. The molecule has 1 aromatic rings. The quantitative estimate of drug-likeness (QED) is 0.583. The molecule has 3 unspecified atom stereocenters. The highest BCUT2D eigenvalue weighted by molar-refractivity contribution is 9.10. The lowest BCUT2D eigenvalue weighted by Gasteiger charge is -2.30. The zero-order chi connectivity index (χ0) is 15.9. The third-order valence-electron chi connectivity index (χ3n) is 3.90. The lowest BCUT2D eigenvalue weighted by atomic mass is 9.95. The molecule has 7 heteroatoms. The topological polar surface area (TPSA) is 53.5 Å². The molecule has 1 saturated carbocycles. The zero-order valence-electron chi connectivity index (χ0n) is 13.1. The van der Waals surface area contributed by atoms with Gasteiger partial charge in [-0.25, -0.2) is 0 Å². The summed E-state index contributed by atoms with van der Waals surface area (Å²) in [6.07, 6.45) is 4.34. The molecule has 124 valence electrons. The van der Waals surface area contributed by atoms with Crippen LogP contribution >= 0.6 is 27.3 Å². The summed E-state index contributed by atoms with van der Waals surface area (Å²) in [5, 5.41) is 9.26. The Morgan fingerprint density at radius 3 is 3.00 bits per heavy atom. The Bertz CT molecular complexity index is 533. The minimum absolute atomic E-state index is 0.336. The SMILES string of the molecule is CCS(=O)C1CCCC(NC(=NC)NCc2cc(Br)cs2)C1. The Hall–Kier alpha value is -0.400. The van der Waals surface area contributed by atoms with Crippen molar-refractivity contribution >= 4 is 44.0 Å². The summed E-state index contributed by atoms with van der Waals surface area (Å²) in [5.41, 5.74) is 0. The molecule has 4 nitrogen and oxygen atoms in total. The molecule has 0 aliphatic heterocycles. The molecular formula is C15H24BrN3OS2. The molecule has 0 spiro atoms. The van der Waals surface area contributed by atoms with Crippen LogP contribution in [0, 0.1) is 0 Å². The van der Waals surface area contributed by atoms with Gasteiger partial charge in [0.05, 0.1) is 6.54 Å². The maximum absolute atomic E-state index is 12.0. The highest BCUT2D eigenvalue weighted by Crippen LogP contribution is 2.23. The van der Waals surface area contributed by atoms with Crippen molar-refractivity contribution in [2.45, 2.75) is 50.4 Å². The second kappa shape index (κ2) is 9.03. The van der Waals surface area contributed by atoms with Crippen LogP contribution in [0.25, 0.3) is 0 Å². The third-order valence-corrected chi connectivity index (χ3v) is 7.34. The van der Waals surface area contributed by atoms with Gasteiger partial charge in [0, 0.05) is 49.6 Å². The van der Waals surface area contributed by atoms with Crippen molar-refractivity contribution in [2.24, 2.45) is 4.99 Å². The number of guanidine groups is 1. The van der Waals surface area contributed by atoms with Crippen molar-refractivity contribution in [2.75, 3.05) is 12.8 Å². The van der Waals surface area contributed by atoms with E-state index in [2.05, 4.69) is 43.0 Å². The number of nitrogens with one attached hydrogen (secondary N) is 2. The van der Waals surface area contributed by atoms with E-state index in [1.54, 1.807) is 18.4 Å². The van der Waals surface area contributed by atoms with Gasteiger partial charge in [-0.1, -0.05) is 13.3 Å². The maximum atomic E-state index is 12.0. The summed E-state index contributed by atoms with van der Waals surface area (Å²) in [4.78, 5) is 5.57. The number of aliphatic imine (C=N–C) groups is 1. The highest BCUT2D eigenvalue weighted by Gasteiger charge is 2.25. The molecule has 0 saturated heterocycles. The fourth-order valence-electron chi connectivity index (χ4n) is 2.76. The molecule has 0 amide bonds. The summed E-state index contributed by atoms with van der Waals surface area (Å²) in [7, 11) is 1.11. The average molecular weight is 406 g/mol. The fraction of sp³-hybridized carbons (Fsp3) is 0.667. The van der Waals surface area contributed by atoms with E-state index >= 15 is 0 Å². The van der Waals surface area contributed by atoms with E-state index in [0.717, 1.165) is 48.4 Å². The summed E-state index contributed by atoms with van der Waals surface area (Å²) >= 11 is 5.19. The van der Waals surface area contributed by atoms with Gasteiger partial charge in [0.2, 0.25) is 0 Å². The smallest absolute Gasteiger partial charge is 0.191 e. The first-order chi connectivity index (χ1) is 10.6. The van der Waals surface area contributed by atoms with E-state index in [4.69, 9.17) is 0 Å². The van der Waals surface area contributed by atoms with E-state index in [1.165, 1.54) is 4.88 Å². The third kappa shape index (κ3) is 5.35. The van der Waals surface area contributed by atoms with Crippen LogP contribution in [0.3, 0.4) is 0 Å². The molecule has 0 aromatic carbocycles. The lowest BCUT2D eigenvalue weighted by Crippen LogP contribution is -2.46. The van der Waals surface area contributed by atoms with Gasteiger partial charge in [-0.05, 0) is 41.3 Å². The second-order valence-electron chi connectivity index (χ2n) is 5.46. The Morgan fingerprint density at radius 1 is 1.55 bits per heavy atom. The van der Waals surface area contributed by atoms with Crippen molar-refractivity contribution in [3.05, 3.63) is 20.8 Å². The number of rotatable bonds is 5. The highest BCUT2D eigenvalue weighted by atomic mass is 79.9. The summed E-state index contributed by atoms with van der Waals surface area (Å²) in [6, 6.07) is 2.49. The summed E-state index contributed by atoms with van der Waals surface area (Å²) in [6.45, 7) is 2.78. The monoisotopic (exact) mass is 405 g/mol. The van der Waals surface area contributed by atoms with Crippen LogP contribution in [0.15, 0.2) is 20.9 Å². The van der Waals surface area contributed by atoms with Gasteiger partial charge in [-0.3, -0.25) is 9.20 Å². The van der Waals surface area contributed by atoms with E-state index < -0.39 is 10.8 Å². The van der Waals surface area contributed by atoms with Crippen molar-refractivity contribution < 1.29 is 4.21 Å². The van der Waals surface area contributed by atoms with Gasteiger partial charge in [0.1, 0.15) is 0 Å². The first kappa shape index (κ1) is 17.9. The van der Waals surface area contributed by atoms with Crippen LogP contribution in [0.5, 0.6) is 0 Å². The molecule has 22 heavy (non-hydrogen) atoms. The fourth-order valence-corrected chi connectivity index (χ4v) is 5.49. The van der Waals surface area contributed by atoms with Crippen LogP contribution in [0.1, 0.15) is 37.5 Å². The minimum Gasteiger partial charge on any atom is -0.354 e. The van der Waals surface area contributed by atoms with Crippen molar-refractivity contribution in [1.82, 2.24) is 10.6 Å². The summed E-state index contributed by atoms with van der Waals surface area (Å²) < 4.78 is 13.1. The molecule has 2 N–H and O–H groups in total. The summed E-state index contributed by atoms with van der Waals surface area (Å²) in [5.74, 6) is 1.59. The van der Waals surface area contributed by atoms with Crippen LogP contribution in [0.4, 0.5) is 0 Å². The van der Waals surface area contributed by atoms with Crippen molar-refractivity contribution in [3.63, 3.8) is 0 Å². The molecule has 3 atom stereocenters. The predicted molar refractivity (Wildman–Crippen MR) is 100 cm³/mol. The largest absolute Gasteiger partial charge is 0.354 e. The second-order valence-corrected chi connectivity index (χ2v) is 9.37. The van der Waals surface area contributed by atoms with Crippen LogP contribution in [-0.2, 0) is 17.3 Å². The van der Waals surface area contributed by atoms with Gasteiger partial charge in [0.25, 0.3) is 0 Å². The number of nitrogens with zero attached hydrogens (tertiary/aromatic N) is 1. The molecule has 0 radical (unpaired) electrons. The molecule has 2 rings (SSSR count). The number of halogens is 1. The number of thiophene rings is 1. The predicted octanol–water partition coefficient (Wildman–Crippen LogP) is 3.26. The zero-order valence-corrected chi connectivity index (χ0v) is 16.3. The number of hydrogen-bond donors (Lipinski definition) is 2. The molecule has 1 aliphatic carbocycles. The molecule has 1 aromatic heterocycles. The van der Waals surface area contributed by atoms with Gasteiger partial charge >= 0.3 is 0 Å². The molecule has 1 fully saturated rings. The van der Waals surface area contributed by atoms with Gasteiger partial charge in [-0.15, -0.1) is 11.3 Å². The van der Waals surface area contributed by atoms with E-state index in [-0.39, 0.29) is 0 Å². The Kier molecular flexibility index (Phi) is 7.37. The van der Waals surface area contributed by atoms with E-state index in [1.807, 2.05) is 6.92 Å². The van der Waals surface area contributed by atoms with Gasteiger partial charge in [-0.2, -0.15) is 0 Å². The van der Waals surface area contributed by atoms with Crippen LogP contribution < -0.4 is 10.6 Å². The molecular weight excluding hydrogens is 382 g/mol.